The first-order valence-corrected chi connectivity index (χ1v) is 19.3. The van der Waals surface area contributed by atoms with Crippen LogP contribution in [0.1, 0.15) is 25.0 Å². The van der Waals surface area contributed by atoms with Crippen molar-refractivity contribution in [3.8, 4) is 90.3 Å². The van der Waals surface area contributed by atoms with Crippen molar-refractivity contribution in [3.63, 3.8) is 0 Å². The minimum absolute atomic E-state index is 0.127. The van der Waals surface area contributed by atoms with E-state index in [4.69, 9.17) is 24.9 Å². The monoisotopic (exact) mass is 731 g/mol. The normalized spacial score (nSPS) is 12.5. The molecule has 0 fully saturated rings. The second-order valence-corrected chi connectivity index (χ2v) is 15.0. The summed E-state index contributed by atoms with van der Waals surface area (Å²) in [6.07, 6.45) is 0. The van der Waals surface area contributed by atoms with Gasteiger partial charge in [0, 0.05) is 38.8 Å². The summed E-state index contributed by atoms with van der Waals surface area (Å²) in [4.78, 5) is 25.3. The number of benzene rings is 7. The van der Waals surface area contributed by atoms with Crippen LogP contribution in [0.4, 0.5) is 0 Å². The van der Waals surface area contributed by atoms with E-state index in [1.807, 2.05) is 66.7 Å². The highest BCUT2D eigenvalue weighted by Gasteiger charge is 2.35. The molecule has 5 nitrogen and oxygen atoms in total. The van der Waals surface area contributed by atoms with Crippen LogP contribution >= 0.6 is 0 Å². The minimum atomic E-state index is -0.127. The van der Waals surface area contributed by atoms with E-state index in [1.165, 1.54) is 22.3 Å². The molecule has 0 bridgehead atoms. The molecule has 1 aliphatic rings. The Hall–Kier alpha value is -7.37. The molecule has 9 aromatic rings. The number of hydrogen-bond acceptors (Lipinski definition) is 5. The maximum Gasteiger partial charge on any atom is 0.164 e. The molecule has 0 N–H and O–H groups in total. The average molecular weight is 732 g/mol. The molecule has 0 aliphatic heterocycles. The zero-order chi connectivity index (χ0) is 38.3. The van der Waals surface area contributed by atoms with Gasteiger partial charge in [0.25, 0.3) is 0 Å². The van der Waals surface area contributed by atoms with Gasteiger partial charge in [-0.05, 0) is 57.6 Å². The first kappa shape index (κ1) is 34.1. The molecule has 270 valence electrons. The van der Waals surface area contributed by atoms with Gasteiger partial charge in [-0.3, -0.25) is 0 Å². The van der Waals surface area contributed by atoms with Crippen molar-refractivity contribution >= 4 is 0 Å². The fourth-order valence-electron chi connectivity index (χ4n) is 7.96. The largest absolute Gasteiger partial charge is 0.228 e. The lowest BCUT2D eigenvalue weighted by Crippen LogP contribution is -2.15. The number of fused-ring (bicyclic) bond motifs is 3. The Bertz CT molecular complexity index is 2860. The Morgan fingerprint density at radius 3 is 1.33 bits per heavy atom. The molecular formula is C52H37N5. The molecule has 57 heavy (non-hydrogen) atoms. The Morgan fingerprint density at radius 1 is 0.281 bits per heavy atom. The maximum absolute atomic E-state index is 5.26. The van der Waals surface area contributed by atoms with Crippen LogP contribution in [0, 0.1) is 0 Å². The lowest BCUT2D eigenvalue weighted by Gasteiger charge is -2.21. The van der Waals surface area contributed by atoms with Crippen LogP contribution in [0.5, 0.6) is 0 Å². The maximum atomic E-state index is 5.26. The first-order chi connectivity index (χ1) is 28.0. The molecule has 7 aromatic carbocycles. The predicted molar refractivity (Wildman–Crippen MR) is 231 cm³/mol. The Morgan fingerprint density at radius 2 is 0.702 bits per heavy atom. The highest BCUT2D eigenvalue weighted by atomic mass is 15.0. The van der Waals surface area contributed by atoms with Crippen molar-refractivity contribution < 1.29 is 0 Å². The third kappa shape index (κ3) is 6.39. The molecule has 2 heterocycles. The SMILES string of the molecule is CC1(C)c2ccccc2-c2ccc(-c3nc(-c4ccccc4)cc(-c4cccc(-c5cccc(-c6nc(-c7ccccc7)nc(-c7ccccc7)n6)c5)c4)n3)cc21. The van der Waals surface area contributed by atoms with Crippen LogP contribution in [0.3, 0.4) is 0 Å². The van der Waals surface area contributed by atoms with Gasteiger partial charge < -0.3 is 0 Å². The van der Waals surface area contributed by atoms with E-state index in [2.05, 4.69) is 135 Å². The number of aromatic nitrogens is 5. The molecule has 0 spiro atoms. The number of rotatable bonds is 7. The lowest BCUT2D eigenvalue weighted by molar-refractivity contribution is 0.660. The summed E-state index contributed by atoms with van der Waals surface area (Å²) >= 11 is 0. The fourth-order valence-corrected chi connectivity index (χ4v) is 7.96. The van der Waals surface area contributed by atoms with Crippen LogP contribution in [0.25, 0.3) is 90.3 Å². The summed E-state index contributed by atoms with van der Waals surface area (Å²) in [5, 5.41) is 0. The molecule has 1 aliphatic carbocycles. The van der Waals surface area contributed by atoms with E-state index < -0.39 is 0 Å². The van der Waals surface area contributed by atoms with E-state index in [0.29, 0.717) is 23.3 Å². The van der Waals surface area contributed by atoms with Gasteiger partial charge in [0.05, 0.1) is 11.4 Å². The van der Waals surface area contributed by atoms with Crippen LogP contribution in [-0.2, 0) is 5.41 Å². The number of nitrogens with zero attached hydrogens (tertiary/aromatic N) is 5. The smallest absolute Gasteiger partial charge is 0.164 e. The quantitative estimate of drug-likeness (QED) is 0.163. The van der Waals surface area contributed by atoms with Crippen LogP contribution in [-0.4, -0.2) is 24.9 Å². The summed E-state index contributed by atoms with van der Waals surface area (Å²) < 4.78 is 0. The molecule has 5 heteroatoms. The minimum Gasteiger partial charge on any atom is -0.228 e. The fraction of sp³-hybridized carbons (Fsp3) is 0.0577. The lowest BCUT2D eigenvalue weighted by atomic mass is 9.82. The summed E-state index contributed by atoms with van der Waals surface area (Å²) in [6.45, 7) is 4.61. The van der Waals surface area contributed by atoms with Gasteiger partial charge in [-0.2, -0.15) is 0 Å². The zero-order valence-corrected chi connectivity index (χ0v) is 31.6. The third-order valence-corrected chi connectivity index (χ3v) is 10.9. The van der Waals surface area contributed by atoms with Crippen molar-refractivity contribution in [3.05, 3.63) is 199 Å². The summed E-state index contributed by atoms with van der Waals surface area (Å²) in [6, 6.07) is 65.0. The van der Waals surface area contributed by atoms with Gasteiger partial charge >= 0.3 is 0 Å². The van der Waals surface area contributed by atoms with Crippen LogP contribution < -0.4 is 0 Å². The van der Waals surface area contributed by atoms with Crippen LogP contribution in [0.2, 0.25) is 0 Å². The molecule has 0 saturated carbocycles. The van der Waals surface area contributed by atoms with Crippen molar-refractivity contribution in [2.75, 3.05) is 0 Å². The second kappa shape index (κ2) is 14.0. The molecule has 0 atom stereocenters. The van der Waals surface area contributed by atoms with Crippen molar-refractivity contribution in [2.45, 2.75) is 19.3 Å². The number of hydrogen-bond donors (Lipinski definition) is 0. The van der Waals surface area contributed by atoms with Gasteiger partial charge in [-0.15, -0.1) is 0 Å². The predicted octanol–water partition coefficient (Wildman–Crippen LogP) is 12.6. The van der Waals surface area contributed by atoms with Crippen molar-refractivity contribution in [1.82, 2.24) is 24.9 Å². The Balaban J connectivity index is 1.06. The van der Waals surface area contributed by atoms with E-state index in [1.54, 1.807) is 0 Å². The zero-order valence-electron chi connectivity index (χ0n) is 31.6. The highest BCUT2D eigenvalue weighted by molar-refractivity contribution is 5.84. The molecule has 0 unspecified atom stereocenters. The van der Waals surface area contributed by atoms with E-state index in [0.717, 1.165) is 55.9 Å². The van der Waals surface area contributed by atoms with Gasteiger partial charge in [0.1, 0.15) is 0 Å². The Kier molecular flexibility index (Phi) is 8.41. The summed E-state index contributed by atoms with van der Waals surface area (Å²) in [7, 11) is 0. The van der Waals surface area contributed by atoms with E-state index >= 15 is 0 Å². The average Bonchev–Trinajstić information content (AvgIpc) is 3.52. The summed E-state index contributed by atoms with van der Waals surface area (Å²) in [5.41, 5.74) is 14.8. The van der Waals surface area contributed by atoms with Gasteiger partial charge in [0.2, 0.25) is 0 Å². The van der Waals surface area contributed by atoms with E-state index in [9.17, 15) is 0 Å². The molecule has 0 radical (unpaired) electrons. The van der Waals surface area contributed by atoms with Gasteiger partial charge in [0.15, 0.2) is 23.3 Å². The molecular weight excluding hydrogens is 695 g/mol. The third-order valence-electron chi connectivity index (χ3n) is 10.9. The Labute approximate surface area is 332 Å². The van der Waals surface area contributed by atoms with Crippen molar-refractivity contribution in [2.24, 2.45) is 0 Å². The molecule has 10 rings (SSSR count). The van der Waals surface area contributed by atoms with Gasteiger partial charge in [-0.1, -0.05) is 178 Å². The molecule has 0 amide bonds. The molecule has 0 saturated heterocycles. The van der Waals surface area contributed by atoms with Crippen LogP contribution in [0.15, 0.2) is 188 Å². The first-order valence-electron chi connectivity index (χ1n) is 19.3. The highest BCUT2D eigenvalue weighted by Crippen LogP contribution is 2.49. The topological polar surface area (TPSA) is 64.5 Å². The second-order valence-electron chi connectivity index (χ2n) is 15.0. The molecule has 2 aromatic heterocycles. The van der Waals surface area contributed by atoms with Crippen molar-refractivity contribution in [1.29, 1.82) is 0 Å². The standard InChI is InChI=1S/C52H37N5/c1-52(2)44-27-13-12-26-42(44)43-29-28-41(32-45(43)52)50-53-46(34-16-6-3-7-17-34)33-47(54-50)39-24-14-22-37(30-39)38-23-15-25-40(31-38)51-56-48(35-18-8-4-9-19-35)55-49(57-51)36-20-10-5-11-21-36/h3-33H,1-2H3. The summed E-state index contributed by atoms with van der Waals surface area (Å²) in [5.74, 6) is 2.59. The van der Waals surface area contributed by atoms with Gasteiger partial charge in [-0.25, -0.2) is 24.9 Å². The van der Waals surface area contributed by atoms with E-state index in [-0.39, 0.29) is 5.41 Å².